The van der Waals surface area contributed by atoms with Gasteiger partial charge in [0.1, 0.15) is 11.3 Å². The quantitative estimate of drug-likeness (QED) is 0.744. The Labute approximate surface area is 133 Å². The van der Waals surface area contributed by atoms with Gasteiger partial charge in [-0.05, 0) is 40.2 Å². The predicted octanol–water partition coefficient (Wildman–Crippen LogP) is 4.14. The highest BCUT2D eigenvalue weighted by Crippen LogP contribution is 2.23. The second-order valence-corrected chi connectivity index (χ2v) is 5.17. The van der Waals surface area contributed by atoms with Crippen molar-refractivity contribution < 1.29 is 13.9 Å². The zero-order valence-electron chi connectivity index (χ0n) is 11.1. The lowest BCUT2D eigenvalue weighted by atomic mass is 10.2. The molecule has 0 spiro atoms. The minimum Gasteiger partial charge on any atom is -0.410 e. The molecule has 1 amide bonds. The summed E-state index contributed by atoms with van der Waals surface area (Å²) in [5.74, 6) is -0.167. The van der Waals surface area contributed by atoms with Crippen LogP contribution in [0.15, 0.2) is 53.1 Å². The maximum Gasteiger partial charge on any atom is 0.419 e. The third-order valence-electron chi connectivity index (χ3n) is 2.81. The maximum absolute atomic E-state index is 14.0. The van der Waals surface area contributed by atoms with Crippen LogP contribution in [-0.4, -0.2) is 16.1 Å². The minimum atomic E-state index is -0.749. The lowest BCUT2D eigenvalue weighted by molar-refractivity contribution is 0.215. The Morgan fingerprint density at radius 2 is 1.95 bits per heavy atom. The number of carbonyl (C=O) groups is 1. The molecule has 5 nitrogen and oxygen atoms in total. The van der Waals surface area contributed by atoms with Gasteiger partial charge in [0.05, 0.1) is 4.47 Å². The Kier molecular flexibility index (Phi) is 3.97. The number of halogens is 2. The fraction of sp³-hybridized carbons (Fsp3) is 0. The number of fused-ring (bicyclic) bond motifs is 1. The van der Waals surface area contributed by atoms with Gasteiger partial charge in [0.15, 0.2) is 5.82 Å². The van der Waals surface area contributed by atoms with E-state index in [-0.39, 0.29) is 15.9 Å². The molecule has 0 aliphatic carbocycles. The lowest BCUT2D eigenvalue weighted by Gasteiger charge is -2.06. The highest BCUT2D eigenvalue weighted by Gasteiger charge is 2.11. The van der Waals surface area contributed by atoms with Crippen LogP contribution in [0.1, 0.15) is 0 Å². The topological polar surface area (TPSA) is 64.1 Å². The summed E-state index contributed by atoms with van der Waals surface area (Å²) in [6.45, 7) is 0. The molecule has 0 saturated carbocycles. The van der Waals surface area contributed by atoms with E-state index in [1.807, 2.05) is 0 Å². The van der Waals surface area contributed by atoms with Gasteiger partial charge in [0, 0.05) is 11.6 Å². The number of carbonyl (C=O) groups excluding carboxylic acids is 1. The minimum absolute atomic E-state index is 0.0366. The van der Waals surface area contributed by atoms with Crippen molar-refractivity contribution in [2.24, 2.45) is 0 Å². The Bertz CT molecular complexity index is 843. The molecule has 22 heavy (non-hydrogen) atoms. The predicted molar refractivity (Wildman–Crippen MR) is 83.3 cm³/mol. The van der Waals surface area contributed by atoms with Gasteiger partial charge in [-0.25, -0.2) is 19.2 Å². The van der Waals surface area contributed by atoms with Crippen LogP contribution in [0.3, 0.4) is 0 Å². The van der Waals surface area contributed by atoms with Crippen LogP contribution in [0.2, 0.25) is 0 Å². The van der Waals surface area contributed by atoms with E-state index in [0.717, 1.165) is 0 Å². The Hall–Kier alpha value is -2.54. The molecule has 110 valence electrons. The SMILES string of the molecule is O=C(Nc1ncc2ccc(Br)c(F)c2n1)Oc1ccccc1. The van der Waals surface area contributed by atoms with Gasteiger partial charge in [-0.1, -0.05) is 18.2 Å². The summed E-state index contributed by atoms with van der Waals surface area (Å²) in [5.41, 5.74) is 0.111. The van der Waals surface area contributed by atoms with Crippen molar-refractivity contribution in [2.45, 2.75) is 0 Å². The Balaban J connectivity index is 1.82. The van der Waals surface area contributed by atoms with Gasteiger partial charge >= 0.3 is 6.09 Å². The zero-order valence-corrected chi connectivity index (χ0v) is 12.7. The van der Waals surface area contributed by atoms with Gasteiger partial charge in [0.2, 0.25) is 5.95 Å². The largest absolute Gasteiger partial charge is 0.419 e. The van der Waals surface area contributed by atoms with Gasteiger partial charge in [-0.3, -0.25) is 5.32 Å². The van der Waals surface area contributed by atoms with Gasteiger partial charge < -0.3 is 4.74 Å². The first-order valence-electron chi connectivity index (χ1n) is 6.28. The third-order valence-corrected chi connectivity index (χ3v) is 3.42. The normalized spacial score (nSPS) is 10.5. The van der Waals surface area contributed by atoms with E-state index in [4.69, 9.17) is 4.74 Å². The van der Waals surface area contributed by atoms with E-state index in [0.29, 0.717) is 11.1 Å². The molecule has 0 aliphatic rings. The molecule has 1 N–H and O–H groups in total. The van der Waals surface area contributed by atoms with E-state index in [1.165, 1.54) is 6.20 Å². The average molecular weight is 362 g/mol. The second kappa shape index (κ2) is 6.07. The molecule has 0 bridgehead atoms. The van der Waals surface area contributed by atoms with Crippen LogP contribution in [0.25, 0.3) is 10.9 Å². The number of para-hydroxylation sites is 1. The molecule has 0 unspecified atom stereocenters. The summed E-state index contributed by atoms with van der Waals surface area (Å²) >= 11 is 3.09. The molecular formula is C15H9BrFN3O2. The molecule has 3 rings (SSSR count). The number of rotatable bonds is 2. The summed E-state index contributed by atoms with van der Waals surface area (Å²) in [6.07, 6.45) is 0.677. The smallest absolute Gasteiger partial charge is 0.410 e. The van der Waals surface area contributed by atoms with Crippen LogP contribution in [0.4, 0.5) is 15.1 Å². The number of aromatic nitrogens is 2. The van der Waals surface area contributed by atoms with Crippen molar-refractivity contribution in [2.75, 3.05) is 5.32 Å². The lowest BCUT2D eigenvalue weighted by Crippen LogP contribution is -2.18. The van der Waals surface area contributed by atoms with Crippen LogP contribution >= 0.6 is 15.9 Å². The molecule has 7 heteroatoms. The van der Waals surface area contributed by atoms with Crippen molar-refractivity contribution in [1.82, 2.24) is 9.97 Å². The number of hydrogen-bond acceptors (Lipinski definition) is 4. The van der Waals surface area contributed by atoms with E-state index in [1.54, 1.807) is 42.5 Å². The van der Waals surface area contributed by atoms with Gasteiger partial charge in [-0.15, -0.1) is 0 Å². The monoisotopic (exact) mass is 361 g/mol. The molecule has 3 aromatic rings. The molecule has 0 saturated heterocycles. The number of benzene rings is 2. The van der Waals surface area contributed by atoms with Crippen molar-refractivity contribution in [3.63, 3.8) is 0 Å². The Morgan fingerprint density at radius 1 is 1.18 bits per heavy atom. The molecule has 0 radical (unpaired) electrons. The third kappa shape index (κ3) is 3.04. The van der Waals surface area contributed by atoms with Crippen molar-refractivity contribution >= 4 is 38.9 Å². The summed E-state index contributed by atoms with van der Waals surface area (Å²) < 4.78 is 19.3. The molecule has 1 heterocycles. The van der Waals surface area contributed by atoms with E-state index >= 15 is 0 Å². The number of ether oxygens (including phenoxy) is 1. The standard InChI is InChI=1S/C15H9BrFN3O2/c16-11-7-6-9-8-18-14(19-13(9)12(11)17)20-15(21)22-10-4-2-1-3-5-10/h1-8H,(H,18,19,20,21). The first kappa shape index (κ1) is 14.4. The Morgan fingerprint density at radius 3 is 2.73 bits per heavy atom. The summed E-state index contributed by atoms with van der Waals surface area (Å²) in [4.78, 5) is 19.7. The molecule has 0 fully saturated rings. The number of nitrogens with one attached hydrogen (secondary N) is 1. The van der Waals surface area contributed by atoms with Crippen LogP contribution in [0, 0.1) is 5.82 Å². The van der Waals surface area contributed by atoms with Crippen LogP contribution in [-0.2, 0) is 0 Å². The molecular weight excluding hydrogens is 353 g/mol. The van der Waals surface area contributed by atoms with Crippen LogP contribution in [0.5, 0.6) is 5.75 Å². The van der Waals surface area contributed by atoms with Crippen molar-refractivity contribution in [3.8, 4) is 5.75 Å². The summed E-state index contributed by atoms with van der Waals surface area (Å²) in [7, 11) is 0. The second-order valence-electron chi connectivity index (χ2n) is 4.32. The number of nitrogens with zero attached hydrogens (tertiary/aromatic N) is 2. The van der Waals surface area contributed by atoms with Crippen molar-refractivity contribution in [1.29, 1.82) is 0 Å². The first-order valence-corrected chi connectivity index (χ1v) is 7.07. The molecule has 2 aromatic carbocycles. The van der Waals surface area contributed by atoms with Crippen LogP contribution < -0.4 is 10.1 Å². The summed E-state index contributed by atoms with van der Waals surface area (Å²) in [6, 6.07) is 11.8. The number of anilines is 1. The molecule has 1 aromatic heterocycles. The fourth-order valence-corrected chi connectivity index (χ4v) is 2.13. The highest BCUT2D eigenvalue weighted by molar-refractivity contribution is 9.10. The highest BCUT2D eigenvalue weighted by atomic mass is 79.9. The summed E-state index contributed by atoms with van der Waals surface area (Å²) in [5, 5.41) is 2.89. The zero-order chi connectivity index (χ0) is 15.5. The maximum atomic E-state index is 14.0. The van der Waals surface area contributed by atoms with E-state index in [2.05, 4.69) is 31.2 Å². The molecule has 0 aliphatic heterocycles. The van der Waals surface area contributed by atoms with E-state index < -0.39 is 11.9 Å². The first-order chi connectivity index (χ1) is 10.6. The van der Waals surface area contributed by atoms with Gasteiger partial charge in [0.25, 0.3) is 0 Å². The van der Waals surface area contributed by atoms with Gasteiger partial charge in [-0.2, -0.15) is 0 Å². The van der Waals surface area contributed by atoms with E-state index in [9.17, 15) is 9.18 Å². The number of hydrogen-bond donors (Lipinski definition) is 1. The number of amides is 1. The van der Waals surface area contributed by atoms with Crippen molar-refractivity contribution in [3.05, 3.63) is 59.0 Å². The molecule has 0 atom stereocenters. The average Bonchev–Trinajstić information content (AvgIpc) is 2.52. The fourth-order valence-electron chi connectivity index (χ4n) is 1.81.